The first kappa shape index (κ1) is 20.3. The van der Waals surface area contributed by atoms with Crippen LogP contribution in [0.5, 0.6) is 0 Å². The van der Waals surface area contributed by atoms with E-state index in [4.69, 9.17) is 14.2 Å². The van der Waals surface area contributed by atoms with Crippen molar-refractivity contribution in [2.75, 3.05) is 19.8 Å². The predicted octanol–water partition coefficient (Wildman–Crippen LogP) is 3.96. The van der Waals surface area contributed by atoms with Crippen LogP contribution < -0.4 is 0 Å². The Labute approximate surface area is 165 Å². The van der Waals surface area contributed by atoms with E-state index in [0.717, 1.165) is 23.1 Å². The molecule has 0 spiro atoms. The van der Waals surface area contributed by atoms with Crippen LogP contribution in [0.3, 0.4) is 0 Å². The highest BCUT2D eigenvalue weighted by Gasteiger charge is 2.38. The molecule has 1 fully saturated rings. The van der Waals surface area contributed by atoms with Crippen LogP contribution in [-0.2, 0) is 32.8 Å². The molecule has 1 N–H and O–H groups in total. The van der Waals surface area contributed by atoms with Gasteiger partial charge in [0.1, 0.15) is 6.10 Å². The Balaban J connectivity index is 1.60. The quantitative estimate of drug-likeness (QED) is 0.525. The predicted molar refractivity (Wildman–Crippen MR) is 106 cm³/mol. The summed E-state index contributed by atoms with van der Waals surface area (Å²) in [7, 11) is 0. The smallest absolute Gasteiger partial charge is 0.335 e. The summed E-state index contributed by atoms with van der Waals surface area (Å²) in [4.78, 5) is 11.3. The van der Waals surface area contributed by atoms with E-state index < -0.39 is 11.8 Å². The van der Waals surface area contributed by atoms with Crippen LogP contribution in [0.25, 0.3) is 0 Å². The summed E-state index contributed by atoms with van der Waals surface area (Å²) in [6.07, 6.45) is 3.05. The number of hydrogen-bond donors (Lipinski definition) is 1. The number of carbonyl (C=O) groups is 1. The third kappa shape index (κ3) is 4.87. The maximum atomic E-state index is 11.3. The van der Waals surface area contributed by atoms with E-state index in [0.29, 0.717) is 31.8 Å². The number of hydrogen-bond acceptors (Lipinski definition) is 4. The van der Waals surface area contributed by atoms with Gasteiger partial charge in [-0.3, -0.25) is 0 Å². The second kappa shape index (κ2) is 9.15. The molecule has 3 rings (SSSR count). The molecule has 2 aromatic rings. The van der Waals surface area contributed by atoms with E-state index in [1.54, 1.807) is 18.2 Å². The average Bonchev–Trinajstić information content (AvgIpc) is 3.09. The number of aromatic carboxylic acids is 1. The molecule has 0 radical (unpaired) electrons. The Kier molecular flexibility index (Phi) is 6.62. The van der Waals surface area contributed by atoms with Gasteiger partial charge in [0.15, 0.2) is 5.79 Å². The van der Waals surface area contributed by atoms with Crippen molar-refractivity contribution in [1.29, 1.82) is 0 Å². The number of ether oxygens (including phenoxy) is 3. The number of benzene rings is 2. The zero-order chi connectivity index (χ0) is 20.0. The maximum absolute atomic E-state index is 11.3. The summed E-state index contributed by atoms with van der Waals surface area (Å²) in [6.45, 7) is 7.00. The Bertz CT molecular complexity index is 814. The maximum Gasteiger partial charge on any atom is 0.335 e. The van der Waals surface area contributed by atoms with Crippen LogP contribution in [0, 0.1) is 0 Å². The van der Waals surface area contributed by atoms with Crippen LogP contribution in [-0.4, -0.2) is 37.0 Å². The van der Waals surface area contributed by atoms with Gasteiger partial charge in [0.2, 0.25) is 0 Å². The normalized spacial score (nSPS) is 21.5. The SMILES string of the molecule is C=CCOCC1COC(C)(c2ccc(CCc3ccccc3C(=O)O)cc2)O1. The molecule has 0 aromatic heterocycles. The lowest BCUT2D eigenvalue weighted by Crippen LogP contribution is -2.25. The minimum Gasteiger partial charge on any atom is -0.478 e. The van der Waals surface area contributed by atoms with E-state index in [1.807, 2.05) is 43.3 Å². The van der Waals surface area contributed by atoms with Gasteiger partial charge in [-0.15, -0.1) is 6.58 Å². The molecule has 1 aliphatic rings. The Morgan fingerprint density at radius 1 is 1.25 bits per heavy atom. The fraction of sp³-hybridized carbons (Fsp3) is 0.348. The van der Waals surface area contributed by atoms with Crippen LogP contribution in [0.1, 0.15) is 34.0 Å². The van der Waals surface area contributed by atoms with Crippen molar-refractivity contribution in [2.45, 2.75) is 31.7 Å². The van der Waals surface area contributed by atoms with Crippen molar-refractivity contribution >= 4 is 5.97 Å². The first-order valence-electron chi connectivity index (χ1n) is 9.43. The van der Waals surface area contributed by atoms with Crippen LogP contribution in [0.15, 0.2) is 61.2 Å². The molecule has 1 aliphatic heterocycles. The molecule has 0 aliphatic carbocycles. The van der Waals surface area contributed by atoms with Crippen molar-refractivity contribution in [3.8, 4) is 0 Å². The monoisotopic (exact) mass is 382 g/mol. The Hall–Kier alpha value is -2.47. The highest BCUT2D eigenvalue weighted by Crippen LogP contribution is 2.34. The zero-order valence-corrected chi connectivity index (χ0v) is 16.1. The van der Waals surface area contributed by atoms with E-state index in [2.05, 4.69) is 6.58 Å². The van der Waals surface area contributed by atoms with Gasteiger partial charge in [0.25, 0.3) is 0 Å². The number of carboxylic acids is 1. The summed E-state index contributed by atoms with van der Waals surface area (Å²) >= 11 is 0. The van der Waals surface area contributed by atoms with E-state index in [1.165, 1.54) is 0 Å². The van der Waals surface area contributed by atoms with Crippen molar-refractivity contribution in [2.24, 2.45) is 0 Å². The highest BCUT2D eigenvalue weighted by molar-refractivity contribution is 5.89. The summed E-state index contributed by atoms with van der Waals surface area (Å²) in [5, 5.41) is 9.30. The van der Waals surface area contributed by atoms with Gasteiger partial charge in [-0.1, -0.05) is 48.5 Å². The summed E-state index contributed by atoms with van der Waals surface area (Å²) in [5.74, 6) is -1.67. The molecule has 2 unspecified atom stereocenters. The van der Waals surface area contributed by atoms with Gasteiger partial charge in [0, 0.05) is 5.56 Å². The molecular formula is C23H26O5. The standard InChI is InChI=1S/C23H26O5/c1-3-14-26-15-20-16-27-23(2,28-20)19-12-9-17(10-13-19)8-11-18-6-4-5-7-21(18)22(24)25/h3-7,9-10,12-13,20H,1,8,11,14-16H2,2H3,(H,24,25). The number of aryl methyl sites for hydroxylation is 2. The number of rotatable bonds is 9. The fourth-order valence-corrected chi connectivity index (χ4v) is 3.35. The van der Waals surface area contributed by atoms with Gasteiger partial charge in [-0.2, -0.15) is 0 Å². The van der Waals surface area contributed by atoms with Gasteiger partial charge in [0.05, 0.1) is 25.4 Å². The average molecular weight is 382 g/mol. The van der Waals surface area contributed by atoms with Crippen molar-refractivity contribution in [1.82, 2.24) is 0 Å². The van der Waals surface area contributed by atoms with Crippen molar-refractivity contribution in [3.63, 3.8) is 0 Å². The van der Waals surface area contributed by atoms with Crippen LogP contribution in [0.4, 0.5) is 0 Å². The fourth-order valence-electron chi connectivity index (χ4n) is 3.35. The van der Waals surface area contributed by atoms with Gasteiger partial charge >= 0.3 is 5.97 Å². The van der Waals surface area contributed by atoms with E-state index in [-0.39, 0.29) is 6.10 Å². The van der Waals surface area contributed by atoms with Crippen LogP contribution >= 0.6 is 0 Å². The molecule has 5 heteroatoms. The van der Waals surface area contributed by atoms with Crippen molar-refractivity contribution < 1.29 is 24.1 Å². The number of carboxylic acid groups (broad SMARTS) is 1. The molecule has 0 amide bonds. The lowest BCUT2D eigenvalue weighted by molar-refractivity contribution is -0.167. The molecule has 5 nitrogen and oxygen atoms in total. The van der Waals surface area contributed by atoms with Gasteiger partial charge in [-0.05, 0) is 37.0 Å². The molecule has 1 heterocycles. The molecule has 148 valence electrons. The first-order chi connectivity index (χ1) is 13.5. The molecule has 1 saturated heterocycles. The minimum absolute atomic E-state index is 0.0999. The molecule has 0 saturated carbocycles. The van der Waals surface area contributed by atoms with Gasteiger partial charge < -0.3 is 19.3 Å². The summed E-state index contributed by atoms with van der Waals surface area (Å²) in [5.41, 5.74) is 3.30. The van der Waals surface area contributed by atoms with Gasteiger partial charge in [-0.25, -0.2) is 4.79 Å². The Morgan fingerprint density at radius 3 is 2.71 bits per heavy atom. The lowest BCUT2D eigenvalue weighted by Gasteiger charge is -2.24. The Morgan fingerprint density at radius 2 is 2.00 bits per heavy atom. The molecular weight excluding hydrogens is 356 g/mol. The first-order valence-corrected chi connectivity index (χ1v) is 9.43. The molecule has 2 atom stereocenters. The van der Waals surface area contributed by atoms with E-state index in [9.17, 15) is 9.90 Å². The largest absolute Gasteiger partial charge is 0.478 e. The third-order valence-corrected chi connectivity index (χ3v) is 4.88. The van der Waals surface area contributed by atoms with E-state index >= 15 is 0 Å². The second-order valence-electron chi connectivity index (χ2n) is 6.98. The second-order valence-corrected chi connectivity index (χ2v) is 6.98. The summed E-state index contributed by atoms with van der Waals surface area (Å²) < 4.78 is 17.4. The minimum atomic E-state index is -0.888. The third-order valence-electron chi connectivity index (χ3n) is 4.88. The molecule has 28 heavy (non-hydrogen) atoms. The van der Waals surface area contributed by atoms with Crippen molar-refractivity contribution in [3.05, 3.63) is 83.4 Å². The van der Waals surface area contributed by atoms with Crippen LogP contribution in [0.2, 0.25) is 0 Å². The molecule has 2 aromatic carbocycles. The zero-order valence-electron chi connectivity index (χ0n) is 16.1. The summed E-state index contributed by atoms with van der Waals surface area (Å²) in [6, 6.07) is 15.2. The molecule has 0 bridgehead atoms. The highest BCUT2D eigenvalue weighted by atomic mass is 16.7. The lowest BCUT2D eigenvalue weighted by atomic mass is 9.98. The topological polar surface area (TPSA) is 65.0 Å².